The van der Waals surface area contributed by atoms with E-state index in [0.29, 0.717) is 0 Å². The summed E-state index contributed by atoms with van der Waals surface area (Å²) < 4.78 is 0. The van der Waals surface area contributed by atoms with E-state index in [0.717, 1.165) is 89.4 Å². The van der Waals surface area contributed by atoms with Crippen molar-refractivity contribution < 1.29 is 16.8 Å². The number of aromatic amines is 2. The molecule has 243 valence electrons. The van der Waals surface area contributed by atoms with Gasteiger partial charge in [0, 0.05) is 61.1 Å². The van der Waals surface area contributed by atoms with Gasteiger partial charge in [0.25, 0.3) is 0 Å². The van der Waals surface area contributed by atoms with Gasteiger partial charge >= 0.3 is 0 Å². The second kappa shape index (κ2) is 14.0. The van der Waals surface area contributed by atoms with Gasteiger partial charge in [0.05, 0.1) is 22.8 Å². The van der Waals surface area contributed by atoms with Gasteiger partial charge in [-0.25, -0.2) is 9.97 Å². The van der Waals surface area contributed by atoms with Crippen LogP contribution in [0.15, 0.2) is 146 Å². The van der Waals surface area contributed by atoms with Gasteiger partial charge in [0.1, 0.15) is 0 Å². The number of halogens is 1. The van der Waals surface area contributed by atoms with Crippen LogP contribution in [-0.4, -0.2) is 19.9 Å². The van der Waals surface area contributed by atoms with E-state index in [1.807, 2.05) is 24.3 Å². The first-order valence-electron chi connectivity index (χ1n) is 16.2. The van der Waals surface area contributed by atoms with Crippen molar-refractivity contribution >= 4 is 58.8 Å². The normalized spacial score (nSPS) is 11.5. The molecule has 2 aliphatic heterocycles. The number of hydrogen-bond donors (Lipinski definition) is 2. The fraction of sp³-hybridized carbons (Fsp3) is 0. The van der Waals surface area contributed by atoms with Crippen LogP contribution in [0.2, 0.25) is 0 Å². The summed E-state index contributed by atoms with van der Waals surface area (Å²) in [6, 6.07) is 50.7. The number of nitrogens with zero attached hydrogens (tertiary/aromatic N) is 2. The monoisotopic (exact) mass is 709 g/mol. The molecule has 0 fully saturated rings. The Hall–Kier alpha value is -5.72. The van der Waals surface area contributed by atoms with Crippen LogP contribution in [0, 0.1) is 0 Å². The zero-order valence-corrected chi connectivity index (χ0v) is 28.7. The van der Waals surface area contributed by atoms with Crippen LogP contribution in [0.5, 0.6) is 0 Å². The number of fused-ring (bicyclic) bond motifs is 8. The number of benzene rings is 4. The molecule has 0 saturated carbocycles. The van der Waals surface area contributed by atoms with Crippen molar-refractivity contribution in [2.45, 2.75) is 0 Å². The molecule has 7 aromatic rings. The largest absolute Gasteiger partial charge is 0.354 e. The van der Waals surface area contributed by atoms with E-state index in [1.54, 1.807) is 0 Å². The number of aromatic nitrogens is 4. The minimum absolute atomic E-state index is 0. The van der Waals surface area contributed by atoms with Gasteiger partial charge in [-0.3, -0.25) is 0 Å². The van der Waals surface area contributed by atoms with Gasteiger partial charge in [0.2, 0.25) is 0 Å². The topological polar surface area (TPSA) is 57.4 Å². The fourth-order valence-corrected chi connectivity index (χ4v) is 6.84. The minimum Gasteiger partial charge on any atom is -0.354 e. The molecule has 4 aromatic carbocycles. The average Bonchev–Trinajstić information content (AvgIpc) is 3.98. The van der Waals surface area contributed by atoms with Crippen molar-refractivity contribution in [3.8, 4) is 44.5 Å². The Morgan fingerprint density at radius 3 is 0.740 bits per heavy atom. The molecule has 5 heterocycles. The minimum atomic E-state index is 0. The molecule has 1 radical (unpaired) electrons. The van der Waals surface area contributed by atoms with Gasteiger partial charge in [0.15, 0.2) is 0 Å². The quantitative estimate of drug-likeness (QED) is 0.191. The van der Waals surface area contributed by atoms with Gasteiger partial charge in [-0.2, -0.15) is 0 Å². The predicted molar refractivity (Wildman–Crippen MR) is 208 cm³/mol. The predicted octanol–water partition coefficient (Wildman–Crippen LogP) is 11.7. The van der Waals surface area contributed by atoms with E-state index < -0.39 is 0 Å². The molecule has 6 heteroatoms. The van der Waals surface area contributed by atoms with Gasteiger partial charge in [-0.05, 0) is 70.8 Å². The second-order valence-corrected chi connectivity index (χ2v) is 12.0. The molecule has 0 atom stereocenters. The Kier molecular flexibility index (Phi) is 9.20. The Balaban J connectivity index is 0.00000196. The molecule has 0 aliphatic carbocycles. The van der Waals surface area contributed by atoms with E-state index in [1.165, 1.54) is 0 Å². The smallest absolute Gasteiger partial charge is 0.0737 e. The third-order valence-electron chi connectivity index (χ3n) is 9.00. The summed E-state index contributed by atoms with van der Waals surface area (Å²) >= 11 is 0. The molecule has 0 unspecified atom stereocenters. The summed E-state index contributed by atoms with van der Waals surface area (Å²) in [6.45, 7) is 0. The molecule has 3 aromatic heterocycles. The fourth-order valence-electron chi connectivity index (χ4n) is 6.84. The molecule has 50 heavy (non-hydrogen) atoms. The number of H-pyrrole nitrogens is 2. The molecule has 0 spiro atoms. The first kappa shape index (κ1) is 32.8. The Bertz CT molecular complexity index is 2190. The zero-order valence-electron chi connectivity index (χ0n) is 26.8. The van der Waals surface area contributed by atoms with E-state index in [2.05, 4.69) is 156 Å². The molecular weight excluding hydrogens is 679 g/mol. The summed E-state index contributed by atoms with van der Waals surface area (Å²) in [6.07, 6.45) is 8.54. The maximum atomic E-state index is 5.35. The molecule has 8 bridgehead atoms. The van der Waals surface area contributed by atoms with Crippen LogP contribution in [0.4, 0.5) is 0 Å². The van der Waals surface area contributed by atoms with Crippen molar-refractivity contribution in [2.75, 3.05) is 0 Å². The van der Waals surface area contributed by atoms with Gasteiger partial charge < -0.3 is 9.97 Å². The molecule has 2 N–H and O–H groups in total. The summed E-state index contributed by atoms with van der Waals surface area (Å²) in [4.78, 5) is 18.3. The van der Waals surface area contributed by atoms with E-state index in [9.17, 15) is 0 Å². The summed E-state index contributed by atoms with van der Waals surface area (Å²) in [7, 11) is 0. The van der Waals surface area contributed by atoms with Crippen LogP contribution < -0.4 is 0 Å². The van der Waals surface area contributed by atoms with Crippen molar-refractivity contribution in [3.05, 3.63) is 168 Å². The Morgan fingerprint density at radius 1 is 0.300 bits per heavy atom. The van der Waals surface area contributed by atoms with Crippen molar-refractivity contribution in [3.63, 3.8) is 0 Å². The van der Waals surface area contributed by atoms with Crippen molar-refractivity contribution in [2.24, 2.45) is 0 Å². The molecule has 4 nitrogen and oxygen atoms in total. The number of rotatable bonds is 4. The molecule has 2 aliphatic rings. The van der Waals surface area contributed by atoms with Crippen LogP contribution >= 0.6 is 12.4 Å². The second-order valence-electron chi connectivity index (χ2n) is 12.0. The van der Waals surface area contributed by atoms with Crippen LogP contribution in [0.1, 0.15) is 22.8 Å². The number of nitrogens with one attached hydrogen (secondary N) is 2. The van der Waals surface area contributed by atoms with Crippen molar-refractivity contribution in [1.29, 1.82) is 0 Å². The standard InChI is InChI=1S/C44H30N4.ClH.Co/c1-5-13-29(14-6-1)41-33-21-23-35(45-33)42(30-15-7-2-8-16-30)37-25-27-39(47-37)44(32-19-11-4-12-20-32)40-28-26-38(48-40)43(31-17-9-3-10-18-31)36-24-22-34(41)46-36;;/h1-28,45,48H;1H;. The Morgan fingerprint density at radius 2 is 0.520 bits per heavy atom. The zero-order chi connectivity index (χ0) is 31.9. The molecule has 0 saturated heterocycles. The van der Waals surface area contributed by atoms with E-state index >= 15 is 0 Å². The maximum absolute atomic E-state index is 5.35. The van der Waals surface area contributed by atoms with Crippen molar-refractivity contribution in [1.82, 2.24) is 19.9 Å². The summed E-state index contributed by atoms with van der Waals surface area (Å²) in [5.41, 5.74) is 16.2. The van der Waals surface area contributed by atoms with Crippen LogP contribution in [0.25, 0.3) is 90.9 Å². The van der Waals surface area contributed by atoms with Gasteiger partial charge in [-0.1, -0.05) is 121 Å². The first-order valence-corrected chi connectivity index (χ1v) is 16.2. The third-order valence-corrected chi connectivity index (χ3v) is 9.00. The third kappa shape index (κ3) is 5.92. The molecule has 9 rings (SSSR count). The number of hydrogen-bond acceptors (Lipinski definition) is 2. The molecule has 0 amide bonds. The summed E-state index contributed by atoms with van der Waals surface area (Å²) in [5.74, 6) is 0. The Labute approximate surface area is 307 Å². The molecular formula is C44H31ClCoN4. The van der Waals surface area contributed by atoms with E-state index in [-0.39, 0.29) is 29.2 Å². The van der Waals surface area contributed by atoms with Crippen LogP contribution in [0.3, 0.4) is 0 Å². The first-order chi connectivity index (χ1) is 23.8. The average molecular weight is 710 g/mol. The van der Waals surface area contributed by atoms with Gasteiger partial charge in [-0.15, -0.1) is 12.4 Å². The SMILES string of the molecule is C1=Cc2nc1c(-c1ccccc1)c1ccc([nH]1)c(-c1ccccc1)c1nc(c(-c3ccccc3)c3ccc([nH]3)c2-c2ccccc2)C=C1.Cl.[Co]. The van der Waals surface area contributed by atoms with Crippen LogP contribution in [-0.2, 0) is 16.8 Å². The summed E-state index contributed by atoms with van der Waals surface area (Å²) in [5, 5.41) is 0. The van der Waals surface area contributed by atoms with E-state index in [4.69, 9.17) is 9.97 Å². The maximum Gasteiger partial charge on any atom is 0.0737 e.